The van der Waals surface area contributed by atoms with Gasteiger partial charge in [0.05, 0.1) is 0 Å². The minimum Gasteiger partial charge on any atom is -0.405 e. The molecule has 0 saturated heterocycles. The number of benzene rings is 2. The molecule has 0 heterocycles. The van der Waals surface area contributed by atoms with Gasteiger partial charge in [-0.2, -0.15) is 0 Å². The summed E-state index contributed by atoms with van der Waals surface area (Å²) in [5.74, 6) is 0. The highest BCUT2D eigenvalue weighted by atomic mass is 28.4. The first kappa shape index (κ1) is 21.3. The molecule has 1 atom stereocenters. The molecule has 1 unspecified atom stereocenters. The summed E-state index contributed by atoms with van der Waals surface area (Å²) in [6.45, 7) is 10.9. The van der Waals surface area contributed by atoms with Gasteiger partial charge < -0.3 is 4.43 Å². The van der Waals surface area contributed by atoms with E-state index in [0.29, 0.717) is 0 Å². The molecule has 0 saturated carbocycles. The summed E-state index contributed by atoms with van der Waals surface area (Å²) in [4.78, 5) is 10.8. The van der Waals surface area contributed by atoms with Crippen LogP contribution in [0.3, 0.4) is 0 Å². The van der Waals surface area contributed by atoms with Gasteiger partial charge in [0.15, 0.2) is 0 Å². The normalized spacial score (nSPS) is 14.0. The molecule has 144 valence electrons. The Labute approximate surface area is 165 Å². The summed E-state index contributed by atoms with van der Waals surface area (Å²) in [7, 11) is -2.49. The van der Waals surface area contributed by atoms with E-state index in [4.69, 9.17) is 4.43 Å². The summed E-state index contributed by atoms with van der Waals surface area (Å²) in [6, 6.07) is 21.4. The molecule has 0 spiro atoms. The first-order valence-electron chi connectivity index (χ1n) is 9.72. The molecular weight excluding hydrogens is 348 g/mol. The summed E-state index contributed by atoms with van der Waals surface area (Å²) in [5.41, 5.74) is 0.785. The predicted molar refractivity (Wildman–Crippen MR) is 117 cm³/mol. The zero-order valence-corrected chi connectivity index (χ0v) is 18.2. The molecule has 0 bridgehead atoms. The number of aldehydes is 1. The van der Waals surface area contributed by atoms with E-state index in [2.05, 4.69) is 88.4 Å². The van der Waals surface area contributed by atoms with Crippen LogP contribution in [0.5, 0.6) is 0 Å². The Morgan fingerprint density at radius 1 is 1.00 bits per heavy atom. The maximum absolute atomic E-state index is 10.8. The monoisotopic (exact) mass is 380 g/mol. The molecule has 3 heteroatoms. The molecule has 0 N–H and O–H groups in total. The molecule has 0 radical (unpaired) electrons. The zero-order chi connectivity index (χ0) is 19.9. The van der Waals surface area contributed by atoms with Gasteiger partial charge in [0.2, 0.25) is 0 Å². The average molecular weight is 381 g/mol. The van der Waals surface area contributed by atoms with Gasteiger partial charge in [-0.1, -0.05) is 87.5 Å². The Morgan fingerprint density at radius 3 is 1.89 bits per heavy atom. The molecule has 2 rings (SSSR count). The maximum Gasteiger partial charge on any atom is 0.261 e. The lowest BCUT2D eigenvalue weighted by Crippen LogP contribution is -2.67. The third-order valence-electron chi connectivity index (χ3n) is 5.02. The van der Waals surface area contributed by atoms with Crippen molar-refractivity contribution in [1.82, 2.24) is 0 Å². The first-order chi connectivity index (χ1) is 12.8. The Kier molecular flexibility index (Phi) is 7.34. The van der Waals surface area contributed by atoms with Gasteiger partial charge in [-0.05, 0) is 47.7 Å². The number of hydrogen-bond donors (Lipinski definition) is 0. The van der Waals surface area contributed by atoms with Crippen LogP contribution in [0.25, 0.3) is 0 Å². The molecule has 27 heavy (non-hydrogen) atoms. The molecule has 0 amide bonds. The highest BCUT2D eigenvalue weighted by Crippen LogP contribution is 2.37. The smallest absolute Gasteiger partial charge is 0.261 e. The first-order valence-corrected chi connectivity index (χ1v) is 11.6. The fourth-order valence-electron chi connectivity index (χ4n) is 3.65. The van der Waals surface area contributed by atoms with Crippen LogP contribution in [0.15, 0.2) is 72.3 Å². The number of allylic oxidation sites excluding steroid dienone is 2. The van der Waals surface area contributed by atoms with Crippen molar-refractivity contribution in [1.29, 1.82) is 0 Å². The second kappa shape index (κ2) is 9.29. The van der Waals surface area contributed by atoms with Crippen molar-refractivity contribution in [3.63, 3.8) is 0 Å². The third-order valence-corrected chi connectivity index (χ3v) is 10.2. The Bertz CT molecular complexity index is 705. The van der Waals surface area contributed by atoms with Crippen LogP contribution < -0.4 is 10.4 Å². The lowest BCUT2D eigenvalue weighted by molar-refractivity contribution is -0.104. The fraction of sp³-hybridized carbons (Fsp3) is 0.375. The number of hydrogen-bond acceptors (Lipinski definition) is 2. The van der Waals surface area contributed by atoms with E-state index in [1.807, 2.05) is 13.0 Å². The van der Waals surface area contributed by atoms with Gasteiger partial charge in [0, 0.05) is 6.10 Å². The average Bonchev–Trinajstić information content (AvgIpc) is 2.66. The molecule has 0 fully saturated rings. The highest BCUT2D eigenvalue weighted by Gasteiger charge is 2.50. The van der Waals surface area contributed by atoms with E-state index in [1.54, 1.807) is 0 Å². The quantitative estimate of drug-likeness (QED) is 0.371. The summed E-state index contributed by atoms with van der Waals surface area (Å²) >= 11 is 0. The van der Waals surface area contributed by atoms with Crippen LogP contribution in [-0.2, 0) is 9.22 Å². The molecule has 0 aliphatic heterocycles. The largest absolute Gasteiger partial charge is 0.405 e. The Balaban J connectivity index is 2.45. The van der Waals surface area contributed by atoms with Crippen LogP contribution >= 0.6 is 0 Å². The third kappa shape index (κ3) is 5.05. The summed E-state index contributed by atoms with van der Waals surface area (Å²) < 4.78 is 7.01. The zero-order valence-electron chi connectivity index (χ0n) is 17.2. The minimum absolute atomic E-state index is 0.0154. The number of carbonyl (C=O) groups is 1. The van der Waals surface area contributed by atoms with Gasteiger partial charge in [0.1, 0.15) is 6.29 Å². The minimum atomic E-state index is -2.49. The molecule has 2 aromatic rings. The number of carbonyl (C=O) groups excluding carboxylic acids is 1. The highest BCUT2D eigenvalue weighted by molar-refractivity contribution is 6.99. The second-order valence-electron chi connectivity index (χ2n) is 8.24. The lowest BCUT2D eigenvalue weighted by Gasteiger charge is -2.44. The Hall–Kier alpha value is -1.97. The van der Waals surface area contributed by atoms with Crippen molar-refractivity contribution in [3.05, 3.63) is 72.3 Å². The van der Waals surface area contributed by atoms with Crippen LogP contribution in [0.4, 0.5) is 0 Å². The molecular formula is C24H32O2Si. The van der Waals surface area contributed by atoms with E-state index < -0.39 is 8.32 Å². The second-order valence-corrected chi connectivity index (χ2v) is 12.5. The predicted octanol–water partition coefficient (Wildman–Crippen LogP) is 4.88. The van der Waals surface area contributed by atoms with E-state index >= 15 is 0 Å². The topological polar surface area (TPSA) is 26.3 Å². The van der Waals surface area contributed by atoms with Crippen LogP contribution in [0.1, 0.15) is 47.5 Å². The van der Waals surface area contributed by atoms with Gasteiger partial charge in [-0.25, -0.2) is 0 Å². The molecule has 0 aromatic heterocycles. The van der Waals surface area contributed by atoms with Gasteiger partial charge in [0.25, 0.3) is 8.32 Å². The van der Waals surface area contributed by atoms with E-state index in [1.165, 1.54) is 10.4 Å². The van der Waals surface area contributed by atoms with Crippen molar-refractivity contribution in [2.24, 2.45) is 0 Å². The number of rotatable bonds is 8. The summed E-state index contributed by atoms with van der Waals surface area (Å²) in [6.07, 6.45) is 4.76. The van der Waals surface area contributed by atoms with Crippen molar-refractivity contribution >= 4 is 25.0 Å². The molecule has 0 aliphatic rings. The molecule has 2 nitrogen and oxygen atoms in total. The summed E-state index contributed by atoms with van der Waals surface area (Å²) in [5, 5.41) is 2.59. The van der Waals surface area contributed by atoms with E-state index in [-0.39, 0.29) is 11.1 Å². The van der Waals surface area contributed by atoms with Gasteiger partial charge in [-0.3, -0.25) is 4.79 Å². The maximum atomic E-state index is 10.8. The van der Waals surface area contributed by atoms with Gasteiger partial charge >= 0.3 is 0 Å². The van der Waals surface area contributed by atoms with Crippen LogP contribution in [-0.4, -0.2) is 20.7 Å². The van der Waals surface area contributed by atoms with Crippen molar-refractivity contribution in [2.75, 3.05) is 0 Å². The standard InChI is InChI=1S/C24H32O2Si/c1-20(19-25)13-12-14-21(2)26-27(24(3,4)5,22-15-8-6-9-16-22)23-17-10-7-11-18-23/h6-11,13,15-19,21H,12,14H2,1-5H3/b20-13+. The van der Waals surface area contributed by atoms with E-state index in [9.17, 15) is 4.79 Å². The molecule has 2 aromatic carbocycles. The van der Waals surface area contributed by atoms with Crippen molar-refractivity contribution in [3.8, 4) is 0 Å². The van der Waals surface area contributed by atoms with Gasteiger partial charge in [-0.15, -0.1) is 0 Å². The Morgan fingerprint density at radius 2 is 1.48 bits per heavy atom. The fourth-order valence-corrected chi connectivity index (χ4v) is 8.38. The SMILES string of the molecule is C/C(C=O)=C\CCC(C)O[Si](c1ccccc1)(c1ccccc1)C(C)(C)C. The van der Waals surface area contributed by atoms with Crippen LogP contribution in [0.2, 0.25) is 5.04 Å². The van der Waals surface area contributed by atoms with E-state index in [0.717, 1.165) is 24.7 Å². The molecule has 0 aliphatic carbocycles. The lowest BCUT2D eigenvalue weighted by atomic mass is 10.2. The van der Waals surface area contributed by atoms with Crippen LogP contribution in [0, 0.1) is 0 Å². The van der Waals surface area contributed by atoms with Crippen molar-refractivity contribution < 1.29 is 9.22 Å². The van der Waals surface area contributed by atoms with Crippen molar-refractivity contribution in [2.45, 2.75) is 58.6 Å².